The van der Waals surface area contributed by atoms with E-state index >= 15 is 0 Å². The van der Waals surface area contributed by atoms with Gasteiger partial charge in [-0.05, 0) is 61.9 Å². The highest BCUT2D eigenvalue weighted by molar-refractivity contribution is 5.78. The van der Waals surface area contributed by atoms with E-state index in [9.17, 15) is 29.4 Å². The second-order valence-electron chi connectivity index (χ2n) is 9.45. The van der Waals surface area contributed by atoms with Crippen LogP contribution in [-0.4, -0.2) is 57.3 Å². The molecule has 1 aliphatic rings. The Morgan fingerprint density at radius 1 is 0.974 bits per heavy atom. The number of nitro benzene ring substituents is 2. The number of anilines is 2. The van der Waals surface area contributed by atoms with Crippen LogP contribution in [0, 0.1) is 26.0 Å². The van der Waals surface area contributed by atoms with E-state index in [0.29, 0.717) is 31.1 Å². The van der Waals surface area contributed by atoms with E-state index in [0.717, 1.165) is 11.6 Å². The van der Waals surface area contributed by atoms with Crippen molar-refractivity contribution in [1.29, 1.82) is 0 Å². The first-order valence-corrected chi connectivity index (χ1v) is 12.3. The van der Waals surface area contributed by atoms with Gasteiger partial charge >= 0.3 is 0 Å². The maximum absolute atomic E-state index is 13.2. The van der Waals surface area contributed by atoms with Gasteiger partial charge in [0.05, 0.1) is 15.9 Å². The molecule has 1 amide bonds. The second-order valence-corrected chi connectivity index (χ2v) is 9.45. The minimum atomic E-state index is -0.695. The summed E-state index contributed by atoms with van der Waals surface area (Å²) in [6, 6.07) is 16.4. The van der Waals surface area contributed by atoms with Crippen molar-refractivity contribution in [3.05, 3.63) is 98.3 Å². The molecule has 0 saturated carbocycles. The van der Waals surface area contributed by atoms with Crippen molar-refractivity contribution in [3.63, 3.8) is 0 Å². The number of ether oxygens (including phenoxy) is 1. The van der Waals surface area contributed by atoms with Crippen LogP contribution in [0.1, 0.15) is 19.4 Å². The van der Waals surface area contributed by atoms with Gasteiger partial charge in [0.25, 0.3) is 17.3 Å². The summed E-state index contributed by atoms with van der Waals surface area (Å²) in [6.07, 6.45) is 0. The summed E-state index contributed by atoms with van der Waals surface area (Å²) in [5.41, 5.74) is 0.830. The Hall–Kier alpha value is -4.58. The van der Waals surface area contributed by atoms with Gasteiger partial charge in [0.1, 0.15) is 17.3 Å². The third-order valence-corrected chi connectivity index (χ3v) is 6.62. The fourth-order valence-electron chi connectivity index (χ4n) is 4.50. The van der Waals surface area contributed by atoms with Crippen LogP contribution in [-0.2, 0) is 11.3 Å². The summed E-state index contributed by atoms with van der Waals surface area (Å²) in [5.74, 6) is 0.0391. The Balaban J connectivity index is 1.31. The lowest BCUT2D eigenvalue weighted by Gasteiger charge is -2.44. The van der Waals surface area contributed by atoms with Crippen LogP contribution in [0.4, 0.5) is 27.1 Å². The number of halogens is 1. The highest BCUT2D eigenvalue weighted by atomic mass is 19.1. The van der Waals surface area contributed by atoms with Gasteiger partial charge in [-0.1, -0.05) is 12.1 Å². The van der Waals surface area contributed by atoms with Gasteiger partial charge in [0.2, 0.25) is 0 Å². The van der Waals surface area contributed by atoms with Crippen LogP contribution in [0.3, 0.4) is 0 Å². The molecule has 3 aromatic rings. The molecule has 1 heterocycles. The third kappa shape index (κ3) is 6.85. The standard InChI is InChI=1S/C27H28FN5O6/c1-18-15-31(19(2)14-30(18)16-20-3-5-21(28)6-4-20)27(34)17-39-24-10-7-22(8-11-24)29-25-12-9-23(32(35)36)13-26(25)33(37)38/h3-13,18-19,29H,14-17H2,1-2H3/t18-,19+/m0/s1. The number of amides is 1. The molecule has 11 nitrogen and oxygen atoms in total. The fourth-order valence-corrected chi connectivity index (χ4v) is 4.50. The number of nitrogens with one attached hydrogen (secondary N) is 1. The molecule has 4 rings (SSSR count). The highest BCUT2D eigenvalue weighted by Crippen LogP contribution is 2.32. The van der Waals surface area contributed by atoms with Crippen LogP contribution in [0.2, 0.25) is 0 Å². The van der Waals surface area contributed by atoms with Crippen molar-refractivity contribution >= 4 is 28.7 Å². The van der Waals surface area contributed by atoms with Crippen molar-refractivity contribution in [1.82, 2.24) is 9.80 Å². The lowest BCUT2D eigenvalue weighted by Crippen LogP contribution is -2.58. The molecule has 1 fully saturated rings. The predicted molar refractivity (Wildman–Crippen MR) is 142 cm³/mol. The average Bonchev–Trinajstić information content (AvgIpc) is 2.91. The summed E-state index contributed by atoms with van der Waals surface area (Å²) in [7, 11) is 0. The molecule has 0 bridgehead atoms. The van der Waals surface area contributed by atoms with Crippen molar-refractivity contribution in [2.45, 2.75) is 32.5 Å². The molecule has 39 heavy (non-hydrogen) atoms. The normalized spacial score (nSPS) is 17.5. The van der Waals surface area contributed by atoms with Crippen LogP contribution >= 0.6 is 0 Å². The molecule has 204 valence electrons. The smallest absolute Gasteiger partial charge is 0.299 e. The van der Waals surface area contributed by atoms with E-state index in [1.165, 1.54) is 24.3 Å². The van der Waals surface area contributed by atoms with Crippen molar-refractivity contribution in [2.24, 2.45) is 0 Å². The van der Waals surface area contributed by atoms with Crippen LogP contribution in [0.5, 0.6) is 5.75 Å². The Morgan fingerprint density at radius 3 is 2.31 bits per heavy atom. The summed E-state index contributed by atoms with van der Waals surface area (Å²) in [4.78, 5) is 37.9. The highest BCUT2D eigenvalue weighted by Gasteiger charge is 2.32. The summed E-state index contributed by atoms with van der Waals surface area (Å²) in [6.45, 7) is 5.79. The molecule has 2 atom stereocenters. The number of non-ortho nitro benzene ring substituents is 1. The van der Waals surface area contributed by atoms with E-state index in [1.807, 2.05) is 6.92 Å². The minimum Gasteiger partial charge on any atom is -0.484 e. The van der Waals surface area contributed by atoms with Gasteiger partial charge < -0.3 is 15.0 Å². The first-order valence-electron chi connectivity index (χ1n) is 12.3. The Bertz CT molecular complexity index is 1350. The lowest BCUT2D eigenvalue weighted by molar-refractivity contribution is -0.393. The number of carbonyl (C=O) groups is 1. The summed E-state index contributed by atoms with van der Waals surface area (Å²) < 4.78 is 18.9. The van der Waals surface area contributed by atoms with Crippen molar-refractivity contribution in [3.8, 4) is 5.75 Å². The van der Waals surface area contributed by atoms with Gasteiger partial charge in [-0.25, -0.2) is 4.39 Å². The molecule has 12 heteroatoms. The SMILES string of the molecule is C[C@@H]1CN(Cc2ccc(F)cc2)[C@@H](C)CN1C(=O)COc1ccc(Nc2ccc([N+](=O)[O-])cc2[N+](=O)[O-])cc1. The molecule has 1 saturated heterocycles. The van der Waals surface area contributed by atoms with Crippen LogP contribution in [0.25, 0.3) is 0 Å². The fraction of sp³-hybridized carbons (Fsp3) is 0.296. The van der Waals surface area contributed by atoms with Gasteiger partial charge in [-0.3, -0.25) is 29.9 Å². The largest absolute Gasteiger partial charge is 0.484 e. The van der Waals surface area contributed by atoms with E-state index < -0.39 is 15.5 Å². The number of hydrogen-bond donors (Lipinski definition) is 1. The van der Waals surface area contributed by atoms with E-state index in [4.69, 9.17) is 4.74 Å². The van der Waals surface area contributed by atoms with Gasteiger partial charge in [-0.2, -0.15) is 0 Å². The lowest BCUT2D eigenvalue weighted by atomic mass is 10.1. The van der Waals surface area contributed by atoms with Crippen LogP contribution in [0.15, 0.2) is 66.7 Å². The van der Waals surface area contributed by atoms with E-state index in [-0.39, 0.29) is 41.8 Å². The quantitative estimate of drug-likeness (QED) is 0.302. The molecule has 0 spiro atoms. The first-order chi connectivity index (χ1) is 18.6. The molecule has 3 aromatic carbocycles. The van der Waals surface area contributed by atoms with E-state index in [2.05, 4.69) is 17.1 Å². The number of carbonyl (C=O) groups excluding carboxylic acids is 1. The maximum atomic E-state index is 13.2. The number of hydrogen-bond acceptors (Lipinski definition) is 8. The van der Waals surface area contributed by atoms with Crippen LogP contribution < -0.4 is 10.1 Å². The number of nitrogens with zero attached hydrogens (tertiary/aromatic N) is 4. The zero-order valence-corrected chi connectivity index (χ0v) is 21.5. The molecule has 1 aliphatic heterocycles. The Kier molecular flexibility index (Phi) is 8.35. The maximum Gasteiger partial charge on any atom is 0.299 e. The summed E-state index contributed by atoms with van der Waals surface area (Å²) >= 11 is 0. The number of rotatable bonds is 9. The van der Waals surface area contributed by atoms with Gasteiger partial charge in [-0.15, -0.1) is 0 Å². The zero-order chi connectivity index (χ0) is 28.1. The molecule has 0 radical (unpaired) electrons. The average molecular weight is 538 g/mol. The molecule has 0 aromatic heterocycles. The van der Waals surface area contributed by atoms with Gasteiger partial charge in [0, 0.05) is 43.5 Å². The van der Waals surface area contributed by atoms with E-state index in [1.54, 1.807) is 41.3 Å². The van der Waals surface area contributed by atoms with Crippen molar-refractivity contribution < 1.29 is 23.8 Å². The zero-order valence-electron chi connectivity index (χ0n) is 21.5. The third-order valence-electron chi connectivity index (χ3n) is 6.62. The first kappa shape index (κ1) is 27.5. The topological polar surface area (TPSA) is 131 Å². The molecular weight excluding hydrogens is 509 g/mol. The predicted octanol–water partition coefficient (Wildman–Crippen LogP) is 4.89. The minimum absolute atomic E-state index is 0.0261. The number of piperazine rings is 1. The molecule has 0 unspecified atom stereocenters. The summed E-state index contributed by atoms with van der Waals surface area (Å²) in [5, 5.41) is 25.2. The van der Waals surface area contributed by atoms with Gasteiger partial charge in [0.15, 0.2) is 6.61 Å². The molecular formula is C27H28FN5O6. The second kappa shape index (κ2) is 11.9. The van der Waals surface area contributed by atoms with Crippen molar-refractivity contribution in [2.75, 3.05) is 25.0 Å². The molecule has 1 N–H and O–H groups in total. The molecule has 0 aliphatic carbocycles. The number of nitro groups is 2. The Morgan fingerprint density at radius 2 is 1.67 bits per heavy atom. The monoisotopic (exact) mass is 537 g/mol. The number of benzene rings is 3. The Labute approximate surface area is 224 Å².